The molecular formula is C18H29NO3. The molecule has 0 saturated heterocycles. The van der Waals surface area contributed by atoms with Gasteiger partial charge in [-0.3, -0.25) is 4.79 Å². The Kier molecular flexibility index (Phi) is 6.88. The number of amides is 1. The maximum atomic E-state index is 12.3. The molecule has 0 unspecified atom stereocenters. The van der Waals surface area contributed by atoms with Crippen LogP contribution in [0.3, 0.4) is 0 Å². The number of rotatable bonds is 7. The molecule has 1 rings (SSSR count). The molecule has 4 heteroatoms. The Balaban J connectivity index is 2.90. The van der Waals surface area contributed by atoms with E-state index in [0.717, 1.165) is 11.3 Å². The zero-order chi connectivity index (χ0) is 16.8. The van der Waals surface area contributed by atoms with Crippen LogP contribution in [0.25, 0.3) is 0 Å². The van der Waals surface area contributed by atoms with Gasteiger partial charge in [0.05, 0.1) is 13.2 Å². The monoisotopic (exact) mass is 307 g/mol. The highest BCUT2D eigenvalue weighted by molar-refractivity contribution is 5.95. The van der Waals surface area contributed by atoms with Gasteiger partial charge in [0.15, 0.2) is 0 Å². The number of benzene rings is 1. The van der Waals surface area contributed by atoms with Crippen LogP contribution in [-0.4, -0.2) is 24.7 Å². The Morgan fingerprint density at radius 2 is 1.95 bits per heavy atom. The van der Waals surface area contributed by atoms with Crippen molar-refractivity contribution in [1.82, 2.24) is 5.32 Å². The molecule has 0 aromatic heterocycles. The molecule has 124 valence electrons. The number of hydrogen-bond donors (Lipinski definition) is 1. The van der Waals surface area contributed by atoms with Gasteiger partial charge in [-0.15, -0.1) is 0 Å². The van der Waals surface area contributed by atoms with Gasteiger partial charge in [0.2, 0.25) is 0 Å². The Morgan fingerprint density at radius 3 is 2.50 bits per heavy atom. The van der Waals surface area contributed by atoms with Gasteiger partial charge >= 0.3 is 0 Å². The molecular weight excluding hydrogens is 278 g/mol. The molecule has 22 heavy (non-hydrogen) atoms. The third-order valence-corrected chi connectivity index (χ3v) is 2.82. The minimum atomic E-state index is -0.260. The molecule has 0 bridgehead atoms. The van der Waals surface area contributed by atoms with E-state index >= 15 is 0 Å². The average molecular weight is 307 g/mol. The fourth-order valence-corrected chi connectivity index (χ4v) is 1.95. The van der Waals surface area contributed by atoms with Crippen LogP contribution in [0, 0.1) is 5.92 Å². The normalized spacial score (nSPS) is 11.6. The first kappa shape index (κ1) is 18.5. The molecule has 0 atom stereocenters. The summed E-state index contributed by atoms with van der Waals surface area (Å²) in [5.74, 6) is 1.17. The fourth-order valence-electron chi connectivity index (χ4n) is 1.95. The Labute approximate surface area is 134 Å². The van der Waals surface area contributed by atoms with Crippen molar-refractivity contribution in [3.63, 3.8) is 0 Å². The standard InChI is InChI=1S/C18H29NO3/c1-7-22-16-9-8-14(17(20)19-18(4,5)6)10-15(16)12-21-11-13(2)3/h8-10,13H,7,11-12H2,1-6H3,(H,19,20). The summed E-state index contributed by atoms with van der Waals surface area (Å²) < 4.78 is 11.3. The van der Waals surface area contributed by atoms with E-state index in [4.69, 9.17) is 9.47 Å². The first-order chi connectivity index (χ1) is 10.2. The number of hydrogen-bond acceptors (Lipinski definition) is 3. The van der Waals surface area contributed by atoms with Crippen molar-refractivity contribution in [2.75, 3.05) is 13.2 Å². The molecule has 0 spiro atoms. The van der Waals surface area contributed by atoms with Gasteiger partial charge in [0.25, 0.3) is 5.91 Å². The zero-order valence-electron chi connectivity index (χ0n) is 14.7. The third-order valence-electron chi connectivity index (χ3n) is 2.82. The number of nitrogens with one attached hydrogen (secondary N) is 1. The van der Waals surface area contributed by atoms with Crippen molar-refractivity contribution in [2.24, 2.45) is 5.92 Å². The van der Waals surface area contributed by atoms with E-state index in [2.05, 4.69) is 19.2 Å². The molecule has 4 nitrogen and oxygen atoms in total. The average Bonchev–Trinajstić information content (AvgIpc) is 2.38. The lowest BCUT2D eigenvalue weighted by molar-refractivity contribution is 0.0913. The van der Waals surface area contributed by atoms with Crippen LogP contribution in [0.15, 0.2) is 18.2 Å². The van der Waals surface area contributed by atoms with Crippen LogP contribution in [0.2, 0.25) is 0 Å². The highest BCUT2D eigenvalue weighted by atomic mass is 16.5. The highest BCUT2D eigenvalue weighted by Gasteiger charge is 2.17. The molecule has 1 aromatic carbocycles. The number of carbonyl (C=O) groups excluding carboxylic acids is 1. The summed E-state index contributed by atoms with van der Waals surface area (Å²) in [5, 5.41) is 2.97. The summed E-state index contributed by atoms with van der Waals surface area (Å²) in [7, 11) is 0. The topological polar surface area (TPSA) is 47.6 Å². The van der Waals surface area contributed by atoms with Crippen LogP contribution >= 0.6 is 0 Å². The van der Waals surface area contributed by atoms with E-state index in [9.17, 15) is 4.79 Å². The smallest absolute Gasteiger partial charge is 0.251 e. The first-order valence-electron chi connectivity index (χ1n) is 7.89. The Hall–Kier alpha value is -1.55. The van der Waals surface area contributed by atoms with Crippen LogP contribution in [0.4, 0.5) is 0 Å². The SMILES string of the molecule is CCOc1ccc(C(=O)NC(C)(C)C)cc1COCC(C)C. The predicted octanol–water partition coefficient (Wildman–Crippen LogP) is 3.79. The Morgan fingerprint density at radius 1 is 1.27 bits per heavy atom. The third kappa shape index (κ3) is 6.48. The van der Waals surface area contributed by atoms with Crippen LogP contribution in [0.5, 0.6) is 5.75 Å². The van der Waals surface area contributed by atoms with E-state index < -0.39 is 0 Å². The van der Waals surface area contributed by atoms with Gasteiger partial charge in [0, 0.05) is 23.3 Å². The molecule has 1 N–H and O–H groups in total. The molecule has 1 aromatic rings. The van der Waals surface area contributed by atoms with Crippen molar-refractivity contribution in [1.29, 1.82) is 0 Å². The van der Waals surface area contributed by atoms with Crippen LogP contribution in [-0.2, 0) is 11.3 Å². The second-order valence-corrected chi connectivity index (χ2v) is 6.87. The summed E-state index contributed by atoms with van der Waals surface area (Å²) in [6.07, 6.45) is 0. The zero-order valence-corrected chi connectivity index (χ0v) is 14.7. The minimum Gasteiger partial charge on any atom is -0.494 e. The van der Waals surface area contributed by atoms with E-state index in [1.807, 2.05) is 39.8 Å². The predicted molar refractivity (Wildman–Crippen MR) is 89.3 cm³/mol. The Bertz CT molecular complexity index is 490. The molecule has 0 aliphatic carbocycles. The molecule has 1 amide bonds. The van der Waals surface area contributed by atoms with Crippen molar-refractivity contribution in [3.8, 4) is 5.75 Å². The molecule has 0 aliphatic rings. The second-order valence-electron chi connectivity index (χ2n) is 6.87. The lowest BCUT2D eigenvalue weighted by atomic mass is 10.1. The minimum absolute atomic E-state index is 0.0827. The summed E-state index contributed by atoms with van der Waals surface area (Å²) in [6.45, 7) is 13.8. The first-order valence-corrected chi connectivity index (χ1v) is 7.89. The summed E-state index contributed by atoms with van der Waals surface area (Å²) in [4.78, 5) is 12.3. The van der Waals surface area contributed by atoms with Crippen LogP contribution < -0.4 is 10.1 Å². The summed E-state index contributed by atoms with van der Waals surface area (Å²) in [6, 6.07) is 5.49. The highest BCUT2D eigenvalue weighted by Crippen LogP contribution is 2.22. The van der Waals surface area contributed by atoms with E-state index in [1.54, 1.807) is 6.07 Å². The maximum absolute atomic E-state index is 12.3. The maximum Gasteiger partial charge on any atom is 0.251 e. The van der Waals surface area contributed by atoms with Crippen molar-refractivity contribution in [3.05, 3.63) is 29.3 Å². The number of ether oxygens (including phenoxy) is 2. The van der Waals surface area contributed by atoms with Crippen molar-refractivity contribution >= 4 is 5.91 Å². The summed E-state index contributed by atoms with van der Waals surface area (Å²) in [5.41, 5.74) is 1.27. The molecule has 0 radical (unpaired) electrons. The molecule has 0 heterocycles. The van der Waals surface area contributed by atoms with Crippen molar-refractivity contribution in [2.45, 2.75) is 53.7 Å². The molecule has 0 fully saturated rings. The second kappa shape index (κ2) is 8.18. The van der Waals surface area contributed by atoms with Gasteiger partial charge in [-0.25, -0.2) is 0 Å². The largest absolute Gasteiger partial charge is 0.494 e. The lowest BCUT2D eigenvalue weighted by Crippen LogP contribution is -2.40. The summed E-state index contributed by atoms with van der Waals surface area (Å²) >= 11 is 0. The fraction of sp³-hybridized carbons (Fsp3) is 0.611. The van der Waals surface area contributed by atoms with E-state index in [1.165, 1.54) is 0 Å². The molecule has 0 aliphatic heterocycles. The van der Waals surface area contributed by atoms with Gasteiger partial charge in [-0.2, -0.15) is 0 Å². The molecule has 0 saturated carbocycles. The quantitative estimate of drug-likeness (QED) is 0.834. The van der Waals surface area contributed by atoms with Gasteiger partial charge in [-0.1, -0.05) is 13.8 Å². The van der Waals surface area contributed by atoms with Gasteiger partial charge in [0.1, 0.15) is 5.75 Å². The van der Waals surface area contributed by atoms with Gasteiger partial charge < -0.3 is 14.8 Å². The van der Waals surface area contributed by atoms with E-state index in [0.29, 0.717) is 31.3 Å². The lowest BCUT2D eigenvalue weighted by Gasteiger charge is -2.21. The van der Waals surface area contributed by atoms with Crippen molar-refractivity contribution < 1.29 is 14.3 Å². The van der Waals surface area contributed by atoms with Gasteiger partial charge in [-0.05, 0) is 51.8 Å². The van der Waals surface area contributed by atoms with Crippen LogP contribution in [0.1, 0.15) is 57.5 Å². The van der Waals surface area contributed by atoms with E-state index in [-0.39, 0.29) is 11.4 Å². The number of carbonyl (C=O) groups is 1.